The fraction of sp³-hybridized carbons (Fsp3) is 0.0833. The number of nitrogen functional groups attached to an aromatic ring is 1. The molecule has 3 aromatic heterocycles. The molecule has 0 bridgehead atoms. The quantitative estimate of drug-likeness (QED) is 0.679. The van der Waals surface area contributed by atoms with Crippen LogP contribution in [0.25, 0.3) is 22.4 Å². The number of carbonyl (C=O) groups is 1. The molecule has 19 heavy (non-hydrogen) atoms. The zero-order valence-corrected chi connectivity index (χ0v) is 10.1. The summed E-state index contributed by atoms with van der Waals surface area (Å²) in [5.74, 6) is 0.356. The summed E-state index contributed by atoms with van der Waals surface area (Å²) in [4.78, 5) is 19.9. The van der Waals surface area contributed by atoms with E-state index in [1.54, 1.807) is 36.3 Å². The second-order valence-corrected chi connectivity index (χ2v) is 4.03. The summed E-state index contributed by atoms with van der Waals surface area (Å²) in [5.41, 5.74) is 8.67. The van der Waals surface area contributed by atoms with Crippen molar-refractivity contribution in [2.24, 2.45) is 7.05 Å². The van der Waals surface area contributed by atoms with Crippen LogP contribution in [0.15, 0.2) is 24.7 Å². The Morgan fingerprint density at radius 2 is 2.16 bits per heavy atom. The number of carbonyl (C=O) groups excluding carboxylic acids is 1. The van der Waals surface area contributed by atoms with Crippen molar-refractivity contribution in [3.05, 3.63) is 30.2 Å². The first kappa shape index (κ1) is 11.3. The van der Waals surface area contributed by atoms with E-state index >= 15 is 0 Å². The first-order valence-corrected chi connectivity index (χ1v) is 5.55. The lowest BCUT2D eigenvalue weighted by atomic mass is 10.2. The Morgan fingerprint density at radius 1 is 1.32 bits per heavy atom. The van der Waals surface area contributed by atoms with E-state index in [9.17, 15) is 4.79 Å². The van der Waals surface area contributed by atoms with Gasteiger partial charge in [-0.3, -0.25) is 4.79 Å². The maximum absolute atomic E-state index is 11.1. The predicted molar refractivity (Wildman–Crippen MR) is 69.3 cm³/mol. The first-order valence-electron chi connectivity index (χ1n) is 5.55. The van der Waals surface area contributed by atoms with E-state index in [1.165, 1.54) is 0 Å². The van der Waals surface area contributed by atoms with Crippen molar-refractivity contribution < 1.29 is 4.79 Å². The van der Waals surface area contributed by atoms with Gasteiger partial charge >= 0.3 is 0 Å². The Morgan fingerprint density at radius 3 is 2.84 bits per heavy atom. The minimum absolute atomic E-state index is 0.355. The zero-order chi connectivity index (χ0) is 13.4. The third kappa shape index (κ3) is 1.63. The van der Waals surface area contributed by atoms with Gasteiger partial charge in [0, 0.05) is 12.6 Å². The molecule has 94 valence electrons. The average molecular weight is 254 g/mol. The Kier molecular flexibility index (Phi) is 2.45. The number of aldehydes is 1. The van der Waals surface area contributed by atoms with Crippen LogP contribution in [0.2, 0.25) is 0 Å². The molecule has 0 spiro atoms. The number of aromatic nitrogens is 5. The van der Waals surface area contributed by atoms with Crippen LogP contribution in [0.3, 0.4) is 0 Å². The van der Waals surface area contributed by atoms with Crippen LogP contribution in [-0.4, -0.2) is 31.0 Å². The fourth-order valence-electron chi connectivity index (χ4n) is 1.92. The fourth-order valence-corrected chi connectivity index (χ4v) is 1.92. The molecule has 0 aliphatic carbocycles. The lowest BCUT2D eigenvalue weighted by Gasteiger charge is -2.00. The maximum Gasteiger partial charge on any atom is 0.160 e. The second-order valence-electron chi connectivity index (χ2n) is 4.03. The third-order valence-electron chi connectivity index (χ3n) is 2.96. The molecule has 3 heterocycles. The van der Waals surface area contributed by atoms with Gasteiger partial charge in [0.1, 0.15) is 11.3 Å². The maximum atomic E-state index is 11.1. The van der Waals surface area contributed by atoms with Gasteiger partial charge in [0.25, 0.3) is 0 Å². The third-order valence-corrected chi connectivity index (χ3v) is 2.96. The molecule has 0 saturated heterocycles. The van der Waals surface area contributed by atoms with Crippen molar-refractivity contribution in [1.82, 2.24) is 24.7 Å². The Labute approximate surface area is 108 Å². The van der Waals surface area contributed by atoms with Crippen molar-refractivity contribution in [2.75, 3.05) is 5.73 Å². The summed E-state index contributed by atoms with van der Waals surface area (Å²) >= 11 is 0. The molecule has 0 aromatic carbocycles. The van der Waals surface area contributed by atoms with E-state index in [2.05, 4.69) is 20.2 Å². The van der Waals surface area contributed by atoms with Gasteiger partial charge in [0.05, 0.1) is 29.8 Å². The minimum atomic E-state index is 0.355. The normalized spacial score (nSPS) is 10.8. The SMILES string of the molecule is Cn1c(N)c(C=O)c2nc(-c3ccnnc3)cnc21. The predicted octanol–water partition coefficient (Wildman–Crippen LogP) is 0.820. The summed E-state index contributed by atoms with van der Waals surface area (Å²) in [7, 11) is 1.74. The highest BCUT2D eigenvalue weighted by Crippen LogP contribution is 2.25. The van der Waals surface area contributed by atoms with Crippen LogP contribution in [0, 0.1) is 0 Å². The molecule has 7 nitrogen and oxygen atoms in total. The smallest absolute Gasteiger partial charge is 0.160 e. The van der Waals surface area contributed by atoms with Crippen LogP contribution in [0.5, 0.6) is 0 Å². The monoisotopic (exact) mass is 254 g/mol. The molecule has 0 fully saturated rings. The molecule has 2 N–H and O–H groups in total. The van der Waals surface area contributed by atoms with Gasteiger partial charge in [-0.1, -0.05) is 0 Å². The summed E-state index contributed by atoms with van der Waals surface area (Å²) in [5, 5.41) is 7.50. The first-order chi connectivity index (χ1) is 9.22. The standard InChI is InChI=1S/C12H10N6O/c1-18-11(13)8(6-19)10-12(18)14-5-9(17-10)7-2-3-15-16-4-7/h2-6H,13H2,1H3. The van der Waals surface area contributed by atoms with E-state index < -0.39 is 0 Å². The Balaban J connectivity index is 2.29. The van der Waals surface area contributed by atoms with E-state index in [4.69, 9.17) is 5.73 Å². The summed E-state index contributed by atoms with van der Waals surface area (Å²) in [6.45, 7) is 0. The molecule has 3 rings (SSSR count). The molecule has 7 heteroatoms. The topological polar surface area (TPSA) is 99.6 Å². The molecule has 0 aliphatic rings. The molecular weight excluding hydrogens is 244 g/mol. The van der Waals surface area contributed by atoms with E-state index in [1.807, 2.05) is 0 Å². The summed E-state index contributed by atoms with van der Waals surface area (Å²) < 4.78 is 1.64. The van der Waals surface area contributed by atoms with Gasteiger partial charge in [-0.25, -0.2) is 9.97 Å². The average Bonchev–Trinajstić information content (AvgIpc) is 2.71. The van der Waals surface area contributed by atoms with Crippen LogP contribution in [0.4, 0.5) is 5.82 Å². The van der Waals surface area contributed by atoms with Crippen LogP contribution in [-0.2, 0) is 7.05 Å². The van der Waals surface area contributed by atoms with E-state index in [0.717, 1.165) is 5.56 Å². The van der Waals surface area contributed by atoms with Gasteiger partial charge in [-0.2, -0.15) is 10.2 Å². The van der Waals surface area contributed by atoms with Gasteiger partial charge in [-0.05, 0) is 6.07 Å². The van der Waals surface area contributed by atoms with Crippen molar-refractivity contribution >= 4 is 23.3 Å². The second kappa shape index (κ2) is 4.13. The Bertz CT molecular complexity index is 765. The minimum Gasteiger partial charge on any atom is -0.384 e. The van der Waals surface area contributed by atoms with Crippen molar-refractivity contribution in [2.45, 2.75) is 0 Å². The number of anilines is 1. The molecule has 3 aromatic rings. The number of nitrogens with zero attached hydrogens (tertiary/aromatic N) is 5. The van der Waals surface area contributed by atoms with Crippen LogP contribution in [0.1, 0.15) is 10.4 Å². The molecule has 0 amide bonds. The highest BCUT2D eigenvalue weighted by molar-refractivity contribution is 6.00. The molecule has 0 atom stereocenters. The highest BCUT2D eigenvalue weighted by Gasteiger charge is 2.15. The number of aryl methyl sites for hydroxylation is 1. The number of fused-ring (bicyclic) bond motifs is 1. The number of hydrogen-bond acceptors (Lipinski definition) is 6. The summed E-state index contributed by atoms with van der Waals surface area (Å²) in [6, 6.07) is 1.77. The number of nitrogens with two attached hydrogens (primary N) is 1. The van der Waals surface area contributed by atoms with Crippen LogP contribution >= 0.6 is 0 Å². The zero-order valence-electron chi connectivity index (χ0n) is 10.1. The van der Waals surface area contributed by atoms with E-state index in [-0.39, 0.29) is 0 Å². The van der Waals surface area contributed by atoms with Gasteiger partial charge in [0.2, 0.25) is 0 Å². The Hall–Kier alpha value is -2.83. The molecule has 0 radical (unpaired) electrons. The van der Waals surface area contributed by atoms with Crippen LogP contribution < -0.4 is 5.73 Å². The van der Waals surface area contributed by atoms with E-state index in [0.29, 0.717) is 34.5 Å². The lowest BCUT2D eigenvalue weighted by Crippen LogP contribution is -1.98. The molecule has 0 unspecified atom stereocenters. The van der Waals surface area contributed by atoms with Crippen molar-refractivity contribution in [3.63, 3.8) is 0 Å². The van der Waals surface area contributed by atoms with Gasteiger partial charge < -0.3 is 10.3 Å². The lowest BCUT2D eigenvalue weighted by molar-refractivity contribution is 0.112. The molecule has 0 aliphatic heterocycles. The molecule has 0 saturated carbocycles. The number of hydrogen-bond donors (Lipinski definition) is 1. The largest absolute Gasteiger partial charge is 0.384 e. The van der Waals surface area contributed by atoms with Crippen molar-refractivity contribution in [3.8, 4) is 11.3 Å². The highest BCUT2D eigenvalue weighted by atomic mass is 16.1. The van der Waals surface area contributed by atoms with Gasteiger partial charge in [-0.15, -0.1) is 0 Å². The molecular formula is C12H10N6O. The summed E-state index contributed by atoms with van der Waals surface area (Å²) in [6.07, 6.45) is 5.47. The van der Waals surface area contributed by atoms with Crippen molar-refractivity contribution in [1.29, 1.82) is 0 Å². The number of rotatable bonds is 2. The van der Waals surface area contributed by atoms with Gasteiger partial charge in [0.15, 0.2) is 11.9 Å².